The fourth-order valence-corrected chi connectivity index (χ4v) is 3.24. The number of alkyl halides is 3. The van der Waals surface area contributed by atoms with Crippen LogP contribution in [-0.2, 0) is 22.6 Å². The number of sulfone groups is 1. The Labute approximate surface area is 143 Å². The van der Waals surface area contributed by atoms with E-state index in [0.29, 0.717) is 5.96 Å². The molecule has 0 aliphatic heterocycles. The van der Waals surface area contributed by atoms with E-state index in [0.717, 1.165) is 16.7 Å². The Kier molecular flexibility index (Phi) is 6.62. The van der Waals surface area contributed by atoms with Crippen LogP contribution in [0.4, 0.5) is 13.2 Å². The molecule has 1 heterocycles. The molecule has 1 aromatic rings. The topological polar surface area (TPSA) is 83.5 Å². The highest BCUT2D eigenvalue weighted by Gasteiger charge is 2.33. The van der Waals surface area contributed by atoms with Gasteiger partial charge in [-0.05, 0) is 20.8 Å². The standard InChI is InChI=1S/C13H21F3N4O2S2/c1-12(2,3)24(21,22)6-5-18-11(17-4)19-7-10-20-9(8-23-10)13(14,15)16/h8H,5-7H2,1-4H3,(H2,17,18,19). The average Bonchev–Trinajstić information content (AvgIpc) is 2.90. The third-order valence-corrected chi connectivity index (χ3v) is 6.53. The van der Waals surface area contributed by atoms with Crippen LogP contribution in [-0.4, -0.2) is 43.5 Å². The number of thiazole rings is 1. The van der Waals surface area contributed by atoms with E-state index in [-0.39, 0.29) is 23.8 Å². The number of nitrogens with one attached hydrogen (secondary N) is 2. The van der Waals surface area contributed by atoms with Gasteiger partial charge in [0.05, 0.1) is 17.0 Å². The molecule has 1 rings (SSSR count). The molecule has 0 amide bonds. The van der Waals surface area contributed by atoms with Crippen LogP contribution in [0.25, 0.3) is 0 Å². The van der Waals surface area contributed by atoms with Crippen molar-refractivity contribution >= 4 is 27.1 Å². The SMILES string of the molecule is CN=C(NCCS(=O)(=O)C(C)(C)C)NCc1nc(C(F)(F)F)cs1. The summed E-state index contributed by atoms with van der Waals surface area (Å²) in [7, 11) is -1.78. The molecule has 2 N–H and O–H groups in total. The Balaban J connectivity index is 2.51. The number of hydrogen-bond donors (Lipinski definition) is 2. The second-order valence-corrected chi connectivity index (χ2v) is 9.71. The largest absolute Gasteiger partial charge is 0.434 e. The zero-order valence-electron chi connectivity index (χ0n) is 13.9. The molecular weight excluding hydrogens is 365 g/mol. The summed E-state index contributed by atoms with van der Waals surface area (Å²) < 4.78 is 60.5. The highest BCUT2D eigenvalue weighted by Crippen LogP contribution is 2.29. The number of halogens is 3. The summed E-state index contributed by atoms with van der Waals surface area (Å²) in [5.41, 5.74) is -0.927. The van der Waals surface area contributed by atoms with Crippen molar-refractivity contribution < 1.29 is 21.6 Å². The molecule has 11 heteroatoms. The van der Waals surface area contributed by atoms with E-state index in [4.69, 9.17) is 0 Å². The molecule has 0 fully saturated rings. The third-order valence-electron chi connectivity index (χ3n) is 3.07. The number of rotatable bonds is 5. The molecule has 0 aromatic carbocycles. The van der Waals surface area contributed by atoms with E-state index in [1.54, 1.807) is 20.8 Å². The summed E-state index contributed by atoms with van der Waals surface area (Å²) in [4.78, 5) is 7.39. The molecular formula is C13H21F3N4O2S2. The number of hydrogen-bond acceptors (Lipinski definition) is 5. The second kappa shape index (κ2) is 7.68. The summed E-state index contributed by atoms with van der Waals surface area (Å²) in [6, 6.07) is 0. The predicted octanol–water partition coefficient (Wildman–Crippen LogP) is 2.04. The van der Waals surface area contributed by atoms with Gasteiger partial charge in [-0.15, -0.1) is 11.3 Å². The first-order valence-electron chi connectivity index (χ1n) is 7.05. The summed E-state index contributed by atoms with van der Waals surface area (Å²) in [5.74, 6) is 0.218. The van der Waals surface area contributed by atoms with Crippen LogP contribution in [0.2, 0.25) is 0 Å². The van der Waals surface area contributed by atoms with Crippen molar-refractivity contribution in [2.75, 3.05) is 19.3 Å². The van der Waals surface area contributed by atoms with Crippen LogP contribution in [0.15, 0.2) is 10.4 Å². The molecule has 0 saturated carbocycles. The van der Waals surface area contributed by atoms with Crippen LogP contribution in [0.5, 0.6) is 0 Å². The van der Waals surface area contributed by atoms with Crippen molar-refractivity contribution in [3.05, 3.63) is 16.1 Å². The Morgan fingerprint density at radius 1 is 1.29 bits per heavy atom. The molecule has 0 radical (unpaired) electrons. The summed E-state index contributed by atoms with van der Waals surface area (Å²) >= 11 is 0.888. The Morgan fingerprint density at radius 3 is 2.38 bits per heavy atom. The van der Waals surface area contributed by atoms with Gasteiger partial charge < -0.3 is 10.6 Å². The molecule has 0 bridgehead atoms. The van der Waals surface area contributed by atoms with E-state index >= 15 is 0 Å². The fraction of sp³-hybridized carbons (Fsp3) is 0.692. The number of nitrogens with zero attached hydrogens (tertiary/aromatic N) is 2. The van der Waals surface area contributed by atoms with Gasteiger partial charge in [0.15, 0.2) is 21.5 Å². The number of aromatic nitrogens is 1. The minimum atomic E-state index is -4.46. The lowest BCUT2D eigenvalue weighted by molar-refractivity contribution is -0.140. The fourth-order valence-electron chi connectivity index (χ4n) is 1.51. The second-order valence-electron chi connectivity index (χ2n) is 5.91. The zero-order valence-corrected chi connectivity index (χ0v) is 15.5. The first-order chi connectivity index (χ1) is 10.9. The maximum Gasteiger partial charge on any atom is 0.434 e. The lowest BCUT2D eigenvalue weighted by Gasteiger charge is -2.19. The molecule has 0 atom stereocenters. The van der Waals surface area contributed by atoms with Gasteiger partial charge in [0.25, 0.3) is 0 Å². The third kappa shape index (κ3) is 5.93. The number of guanidine groups is 1. The lowest BCUT2D eigenvalue weighted by atomic mass is 10.3. The highest BCUT2D eigenvalue weighted by molar-refractivity contribution is 7.92. The smallest absolute Gasteiger partial charge is 0.355 e. The summed E-state index contributed by atoms with van der Waals surface area (Å²) in [6.07, 6.45) is -4.46. The van der Waals surface area contributed by atoms with Crippen molar-refractivity contribution in [1.82, 2.24) is 15.6 Å². The van der Waals surface area contributed by atoms with Crippen LogP contribution in [0, 0.1) is 0 Å². The zero-order chi connectivity index (χ0) is 18.6. The van der Waals surface area contributed by atoms with Gasteiger partial charge >= 0.3 is 6.18 Å². The normalized spacial score (nSPS) is 13.9. The van der Waals surface area contributed by atoms with E-state index in [9.17, 15) is 21.6 Å². The lowest BCUT2D eigenvalue weighted by Crippen LogP contribution is -2.41. The molecule has 0 spiro atoms. The van der Waals surface area contributed by atoms with Crippen molar-refractivity contribution in [2.45, 2.75) is 38.2 Å². The van der Waals surface area contributed by atoms with Gasteiger partial charge in [0.2, 0.25) is 0 Å². The van der Waals surface area contributed by atoms with E-state index in [2.05, 4.69) is 20.6 Å². The monoisotopic (exact) mass is 386 g/mol. The van der Waals surface area contributed by atoms with E-state index in [1.165, 1.54) is 7.05 Å². The summed E-state index contributed by atoms with van der Waals surface area (Å²) in [6.45, 7) is 5.07. The summed E-state index contributed by atoms with van der Waals surface area (Å²) in [5, 5.41) is 6.82. The molecule has 138 valence electrons. The van der Waals surface area contributed by atoms with Gasteiger partial charge in [-0.3, -0.25) is 4.99 Å². The highest BCUT2D eigenvalue weighted by atomic mass is 32.2. The van der Waals surface area contributed by atoms with Crippen LogP contribution >= 0.6 is 11.3 Å². The quantitative estimate of drug-likeness (QED) is 0.598. The van der Waals surface area contributed by atoms with E-state index in [1.807, 2.05) is 0 Å². The van der Waals surface area contributed by atoms with Gasteiger partial charge in [-0.2, -0.15) is 13.2 Å². The van der Waals surface area contributed by atoms with Gasteiger partial charge in [0, 0.05) is 19.0 Å². The van der Waals surface area contributed by atoms with Crippen molar-refractivity contribution in [2.24, 2.45) is 4.99 Å². The Morgan fingerprint density at radius 2 is 1.92 bits per heavy atom. The molecule has 0 aliphatic carbocycles. The molecule has 0 aliphatic rings. The number of aliphatic imine (C=N–C) groups is 1. The van der Waals surface area contributed by atoms with Crippen molar-refractivity contribution in [3.8, 4) is 0 Å². The average molecular weight is 386 g/mol. The minimum absolute atomic E-state index is 0.0619. The Hall–Kier alpha value is -1.36. The van der Waals surface area contributed by atoms with Crippen LogP contribution in [0.1, 0.15) is 31.5 Å². The molecule has 24 heavy (non-hydrogen) atoms. The maximum atomic E-state index is 12.5. The van der Waals surface area contributed by atoms with Crippen LogP contribution in [0.3, 0.4) is 0 Å². The molecule has 1 aromatic heterocycles. The van der Waals surface area contributed by atoms with Crippen molar-refractivity contribution in [1.29, 1.82) is 0 Å². The molecule has 6 nitrogen and oxygen atoms in total. The van der Waals surface area contributed by atoms with Gasteiger partial charge in [-0.1, -0.05) is 0 Å². The molecule has 0 saturated heterocycles. The molecule has 0 unspecified atom stereocenters. The van der Waals surface area contributed by atoms with Crippen LogP contribution < -0.4 is 10.6 Å². The van der Waals surface area contributed by atoms with E-state index < -0.39 is 26.5 Å². The van der Waals surface area contributed by atoms with Gasteiger partial charge in [0.1, 0.15) is 5.01 Å². The maximum absolute atomic E-state index is 12.5. The van der Waals surface area contributed by atoms with Crippen molar-refractivity contribution in [3.63, 3.8) is 0 Å². The first-order valence-corrected chi connectivity index (χ1v) is 9.58. The predicted molar refractivity (Wildman–Crippen MR) is 88.9 cm³/mol. The minimum Gasteiger partial charge on any atom is -0.355 e. The van der Waals surface area contributed by atoms with Gasteiger partial charge in [-0.25, -0.2) is 13.4 Å². The Bertz CT molecular complexity index is 676. The first kappa shape index (κ1) is 20.7.